The molecule has 5 rings (SSSR count). The van der Waals surface area contributed by atoms with Gasteiger partial charge in [0.25, 0.3) is 5.91 Å². The summed E-state index contributed by atoms with van der Waals surface area (Å²) < 4.78 is 42.6. The second kappa shape index (κ2) is 8.23. The van der Waals surface area contributed by atoms with Gasteiger partial charge in [0.2, 0.25) is 0 Å². The zero-order valence-corrected chi connectivity index (χ0v) is 17.9. The van der Waals surface area contributed by atoms with E-state index >= 15 is 0 Å². The van der Waals surface area contributed by atoms with E-state index in [9.17, 15) is 18.0 Å². The third kappa shape index (κ3) is 3.76. The van der Waals surface area contributed by atoms with Crippen molar-refractivity contribution in [3.63, 3.8) is 0 Å². The number of carbonyl (C=O) groups excluding carboxylic acids is 1. The molecule has 0 aromatic carbocycles. The molecule has 0 radical (unpaired) electrons. The van der Waals surface area contributed by atoms with Gasteiger partial charge in [-0.3, -0.25) is 9.78 Å². The topological polar surface area (TPSA) is 63.1 Å². The van der Waals surface area contributed by atoms with Gasteiger partial charge in [0, 0.05) is 30.2 Å². The number of alkyl halides is 3. The molecule has 0 spiro atoms. The van der Waals surface area contributed by atoms with Gasteiger partial charge in [0.15, 0.2) is 6.04 Å². The molecule has 0 aliphatic carbocycles. The van der Waals surface area contributed by atoms with Crippen LogP contribution in [-0.2, 0) is 0 Å². The van der Waals surface area contributed by atoms with Gasteiger partial charge < -0.3 is 10.2 Å². The maximum absolute atomic E-state index is 13.9. The number of thiophene rings is 1. The molecule has 1 fully saturated rings. The summed E-state index contributed by atoms with van der Waals surface area (Å²) in [5.74, 6) is -0.169. The highest BCUT2D eigenvalue weighted by molar-refractivity contribution is 7.10. The predicted octanol–water partition coefficient (Wildman–Crippen LogP) is 5.37. The summed E-state index contributed by atoms with van der Waals surface area (Å²) in [6.45, 7) is 0.542. The molecule has 3 aromatic rings. The Bertz CT molecular complexity index is 1080. The summed E-state index contributed by atoms with van der Waals surface area (Å²) in [6.07, 6.45) is 2.67. The molecule has 1 saturated heterocycles. The van der Waals surface area contributed by atoms with Gasteiger partial charge in [-0.15, -0.1) is 11.3 Å². The maximum Gasteiger partial charge on any atom is 0.410 e. The van der Waals surface area contributed by atoms with E-state index in [1.165, 1.54) is 17.5 Å². The van der Waals surface area contributed by atoms with E-state index in [4.69, 9.17) is 0 Å². The fourth-order valence-corrected chi connectivity index (χ4v) is 5.43. The van der Waals surface area contributed by atoms with E-state index in [2.05, 4.69) is 15.4 Å². The highest BCUT2D eigenvalue weighted by atomic mass is 32.1. The predicted molar refractivity (Wildman–Crippen MR) is 114 cm³/mol. The lowest BCUT2D eigenvalue weighted by atomic mass is 9.95. The number of likely N-dealkylation sites (tertiary alicyclic amines) is 1. The third-order valence-electron chi connectivity index (χ3n) is 6.19. The van der Waals surface area contributed by atoms with Gasteiger partial charge in [-0.25, -0.2) is 4.68 Å². The average molecular weight is 462 g/mol. The number of nitrogens with zero attached hydrogens (tertiary/aromatic N) is 4. The highest BCUT2D eigenvalue weighted by Crippen LogP contribution is 2.45. The Hall–Kier alpha value is -2.88. The number of halogens is 3. The van der Waals surface area contributed by atoms with Crippen molar-refractivity contribution < 1.29 is 18.0 Å². The Morgan fingerprint density at radius 2 is 2.06 bits per heavy atom. The number of aromatic nitrogens is 3. The molecule has 1 amide bonds. The van der Waals surface area contributed by atoms with Crippen LogP contribution in [0.3, 0.4) is 0 Å². The van der Waals surface area contributed by atoms with Crippen molar-refractivity contribution >= 4 is 23.1 Å². The number of amides is 1. The van der Waals surface area contributed by atoms with E-state index < -0.39 is 18.3 Å². The van der Waals surface area contributed by atoms with Crippen LogP contribution in [0, 0.1) is 0 Å². The van der Waals surface area contributed by atoms with Gasteiger partial charge in [-0.2, -0.15) is 18.3 Å². The number of carbonyl (C=O) groups is 1. The lowest BCUT2D eigenvalue weighted by molar-refractivity contribution is -0.173. The summed E-state index contributed by atoms with van der Waals surface area (Å²) in [5.41, 5.74) is 1.11. The zero-order valence-electron chi connectivity index (χ0n) is 17.1. The molecule has 0 bridgehead atoms. The van der Waals surface area contributed by atoms with E-state index in [-0.39, 0.29) is 29.8 Å². The largest absolute Gasteiger partial charge is 0.410 e. The van der Waals surface area contributed by atoms with Crippen LogP contribution in [0.1, 0.15) is 64.6 Å². The minimum absolute atomic E-state index is 0.137. The third-order valence-corrected chi connectivity index (χ3v) is 7.17. The van der Waals surface area contributed by atoms with Gasteiger partial charge in [-0.1, -0.05) is 12.1 Å². The molecule has 32 heavy (non-hydrogen) atoms. The van der Waals surface area contributed by atoms with Crippen LogP contribution in [-0.4, -0.2) is 38.3 Å². The van der Waals surface area contributed by atoms with Crippen LogP contribution >= 0.6 is 11.3 Å². The molecule has 2 aliphatic rings. The van der Waals surface area contributed by atoms with Gasteiger partial charge in [0.1, 0.15) is 11.4 Å². The second-order valence-electron chi connectivity index (χ2n) is 8.15. The Balaban J connectivity index is 1.51. The number of anilines is 1. The Morgan fingerprint density at radius 3 is 2.78 bits per heavy atom. The molecule has 0 unspecified atom stereocenters. The van der Waals surface area contributed by atoms with Crippen LogP contribution in [0.15, 0.2) is 48.2 Å². The lowest BCUT2D eigenvalue weighted by Crippen LogP contribution is -2.40. The quantitative estimate of drug-likeness (QED) is 0.570. The molecule has 1 N–H and O–H groups in total. The smallest absolute Gasteiger partial charge is 0.362 e. The van der Waals surface area contributed by atoms with Crippen molar-refractivity contribution in [3.05, 3.63) is 64.2 Å². The summed E-state index contributed by atoms with van der Waals surface area (Å²) in [4.78, 5) is 20.3. The molecule has 168 valence electrons. The molecular weight excluding hydrogens is 439 g/mol. The SMILES string of the molecule is O=C(c1cnn2c1N[C@H](c1cccs1)C[C@H]2C(F)(F)F)N1CCCC[C@H]1c1cccnc1. The minimum Gasteiger partial charge on any atom is -0.362 e. The molecule has 6 nitrogen and oxygen atoms in total. The number of hydrogen-bond acceptors (Lipinski definition) is 5. The fourth-order valence-electron chi connectivity index (χ4n) is 4.64. The standard InChI is InChI=1S/C22H22F3N5OS/c23-22(24,25)19-11-16(18-7-4-10-32-18)28-20-15(13-27-30(19)20)21(31)29-9-2-1-6-17(29)14-5-3-8-26-12-14/h3-5,7-8,10,12-13,16-17,19,28H,1-2,6,9,11H2/t16-,17-,19-/m0/s1. The maximum atomic E-state index is 13.9. The highest BCUT2D eigenvalue weighted by Gasteiger charge is 2.48. The summed E-state index contributed by atoms with van der Waals surface area (Å²) in [5, 5.41) is 9.02. The normalized spacial score (nSPS) is 23.5. The molecular formula is C22H22F3N5OS. The van der Waals surface area contributed by atoms with E-state index in [1.807, 2.05) is 29.6 Å². The molecule has 0 saturated carbocycles. The number of rotatable bonds is 3. The van der Waals surface area contributed by atoms with Gasteiger partial charge in [-0.05, 0) is 42.3 Å². The second-order valence-corrected chi connectivity index (χ2v) is 9.13. The van der Waals surface area contributed by atoms with Crippen molar-refractivity contribution in [1.82, 2.24) is 19.7 Å². The van der Waals surface area contributed by atoms with E-state index in [0.29, 0.717) is 6.54 Å². The number of pyridine rings is 1. The lowest BCUT2D eigenvalue weighted by Gasteiger charge is -2.37. The summed E-state index contributed by atoms with van der Waals surface area (Å²) >= 11 is 1.40. The van der Waals surface area contributed by atoms with Crippen molar-refractivity contribution in [2.24, 2.45) is 0 Å². The van der Waals surface area contributed by atoms with Crippen LogP contribution < -0.4 is 5.32 Å². The molecule has 5 heterocycles. The number of fused-ring (bicyclic) bond motifs is 1. The van der Waals surface area contributed by atoms with Crippen LogP contribution in [0.5, 0.6) is 0 Å². The Labute approximate surface area is 187 Å². The van der Waals surface area contributed by atoms with Crippen molar-refractivity contribution in [3.8, 4) is 0 Å². The number of nitrogens with one attached hydrogen (secondary N) is 1. The van der Waals surface area contributed by atoms with Gasteiger partial charge >= 0.3 is 6.18 Å². The first-order chi connectivity index (χ1) is 15.4. The number of hydrogen-bond donors (Lipinski definition) is 1. The first-order valence-electron chi connectivity index (χ1n) is 10.6. The molecule has 3 aromatic heterocycles. The van der Waals surface area contributed by atoms with Crippen LogP contribution in [0.4, 0.5) is 19.0 Å². The summed E-state index contributed by atoms with van der Waals surface area (Å²) in [7, 11) is 0. The van der Waals surface area contributed by atoms with Crippen molar-refractivity contribution in [2.75, 3.05) is 11.9 Å². The summed E-state index contributed by atoms with van der Waals surface area (Å²) in [6, 6.07) is 4.91. The van der Waals surface area contributed by atoms with E-state index in [1.54, 1.807) is 17.3 Å². The zero-order chi connectivity index (χ0) is 22.3. The van der Waals surface area contributed by atoms with Crippen LogP contribution in [0.25, 0.3) is 0 Å². The fraction of sp³-hybridized carbons (Fsp3) is 0.409. The molecule has 3 atom stereocenters. The first kappa shape index (κ1) is 21.0. The monoisotopic (exact) mass is 461 g/mol. The first-order valence-corrected chi connectivity index (χ1v) is 11.5. The van der Waals surface area contributed by atoms with Gasteiger partial charge in [0.05, 0.1) is 18.3 Å². The van der Waals surface area contributed by atoms with Crippen LogP contribution in [0.2, 0.25) is 0 Å². The average Bonchev–Trinajstić information content (AvgIpc) is 3.48. The minimum atomic E-state index is -4.47. The van der Waals surface area contributed by atoms with E-state index in [0.717, 1.165) is 34.4 Å². The Kier molecular flexibility index (Phi) is 5.40. The number of piperidine rings is 1. The Morgan fingerprint density at radius 1 is 1.19 bits per heavy atom. The molecule has 10 heteroatoms. The van der Waals surface area contributed by atoms with Crippen molar-refractivity contribution in [1.29, 1.82) is 0 Å². The molecule has 2 aliphatic heterocycles. The van der Waals surface area contributed by atoms with Crippen molar-refractivity contribution in [2.45, 2.75) is 50.0 Å².